The summed E-state index contributed by atoms with van der Waals surface area (Å²) in [6.07, 6.45) is -1.36. The number of likely N-dealkylation sites (N-methyl/N-ethyl adjacent to an activating group) is 1. The maximum absolute atomic E-state index is 12.5. The van der Waals surface area contributed by atoms with Gasteiger partial charge in [0.1, 0.15) is 12.6 Å². The Labute approximate surface area is 187 Å². The van der Waals surface area contributed by atoms with E-state index in [2.05, 4.69) is 10.6 Å². The molecule has 0 saturated heterocycles. The summed E-state index contributed by atoms with van der Waals surface area (Å²) in [6, 6.07) is 14.7. The average Bonchev–Trinajstić information content (AvgIpc) is 3.08. The first-order chi connectivity index (χ1) is 15.3. The van der Waals surface area contributed by atoms with Gasteiger partial charge in [0, 0.05) is 18.5 Å². The van der Waals surface area contributed by atoms with Crippen molar-refractivity contribution in [2.75, 3.05) is 27.2 Å². The van der Waals surface area contributed by atoms with Gasteiger partial charge in [0.15, 0.2) is 0 Å². The number of hydrogen-bond donors (Lipinski definition) is 3. The number of benzene rings is 2. The van der Waals surface area contributed by atoms with Crippen LogP contribution in [0.5, 0.6) is 0 Å². The van der Waals surface area contributed by atoms with Gasteiger partial charge in [-0.25, -0.2) is 4.79 Å². The van der Waals surface area contributed by atoms with Crippen LogP contribution in [-0.4, -0.2) is 67.3 Å². The Morgan fingerprint density at radius 1 is 1.03 bits per heavy atom. The van der Waals surface area contributed by atoms with E-state index in [4.69, 9.17) is 9.84 Å². The summed E-state index contributed by atoms with van der Waals surface area (Å²) in [5.41, 5.74) is 4.35. The van der Waals surface area contributed by atoms with E-state index in [1.54, 1.807) is 0 Å². The first-order valence-electron chi connectivity index (χ1n) is 10.6. The van der Waals surface area contributed by atoms with E-state index in [0.717, 1.165) is 22.3 Å². The zero-order valence-electron chi connectivity index (χ0n) is 18.5. The molecular weight excluding hydrogens is 410 g/mol. The topological polar surface area (TPSA) is 108 Å². The number of amides is 2. The minimum atomic E-state index is -1.22. The van der Waals surface area contributed by atoms with Gasteiger partial charge in [-0.15, -0.1) is 0 Å². The molecule has 0 fully saturated rings. The molecule has 2 atom stereocenters. The van der Waals surface area contributed by atoms with Crippen LogP contribution >= 0.6 is 0 Å². The van der Waals surface area contributed by atoms with Gasteiger partial charge in [0.25, 0.3) is 0 Å². The monoisotopic (exact) mass is 439 g/mol. The molecule has 32 heavy (non-hydrogen) atoms. The van der Waals surface area contributed by atoms with E-state index in [1.807, 2.05) is 74.4 Å². The van der Waals surface area contributed by atoms with Gasteiger partial charge >= 0.3 is 12.1 Å². The van der Waals surface area contributed by atoms with Crippen molar-refractivity contribution in [2.24, 2.45) is 0 Å². The summed E-state index contributed by atoms with van der Waals surface area (Å²) in [4.78, 5) is 38.0. The van der Waals surface area contributed by atoms with Crippen LogP contribution in [0.4, 0.5) is 4.79 Å². The molecule has 3 rings (SSSR count). The van der Waals surface area contributed by atoms with Crippen molar-refractivity contribution >= 4 is 18.0 Å². The van der Waals surface area contributed by atoms with Crippen molar-refractivity contribution < 1.29 is 24.2 Å². The largest absolute Gasteiger partial charge is 0.481 e. The Balaban J connectivity index is 1.63. The second-order valence-electron chi connectivity index (χ2n) is 8.18. The van der Waals surface area contributed by atoms with Crippen molar-refractivity contribution in [3.63, 3.8) is 0 Å². The number of hydrogen-bond acceptors (Lipinski definition) is 5. The Morgan fingerprint density at radius 3 is 2.12 bits per heavy atom. The third-order valence-corrected chi connectivity index (χ3v) is 5.78. The Hall–Kier alpha value is -3.39. The Morgan fingerprint density at radius 2 is 1.59 bits per heavy atom. The van der Waals surface area contributed by atoms with Crippen molar-refractivity contribution in [2.45, 2.75) is 31.3 Å². The highest BCUT2D eigenvalue weighted by Gasteiger charge is 2.30. The van der Waals surface area contributed by atoms with Gasteiger partial charge in [-0.1, -0.05) is 48.5 Å². The van der Waals surface area contributed by atoms with Gasteiger partial charge in [0.2, 0.25) is 5.91 Å². The maximum Gasteiger partial charge on any atom is 0.407 e. The molecule has 2 aromatic rings. The number of carbonyl (C=O) groups excluding carboxylic acids is 2. The highest BCUT2D eigenvalue weighted by molar-refractivity contribution is 5.89. The normalized spacial score (nSPS) is 14.2. The maximum atomic E-state index is 12.5. The number of aliphatic carboxylic acids is 1. The highest BCUT2D eigenvalue weighted by atomic mass is 16.5. The van der Waals surface area contributed by atoms with Crippen LogP contribution in [-0.2, 0) is 14.3 Å². The lowest BCUT2D eigenvalue weighted by Crippen LogP contribution is -2.50. The van der Waals surface area contributed by atoms with Crippen LogP contribution in [0.15, 0.2) is 48.5 Å². The molecule has 2 aromatic carbocycles. The molecule has 8 nitrogen and oxygen atoms in total. The lowest BCUT2D eigenvalue weighted by atomic mass is 9.98. The molecule has 3 N–H and O–H groups in total. The Kier molecular flexibility index (Phi) is 7.48. The molecule has 0 saturated carbocycles. The molecule has 2 amide bonds. The third kappa shape index (κ3) is 5.45. The van der Waals surface area contributed by atoms with E-state index >= 15 is 0 Å². The minimum absolute atomic E-state index is 0.0545. The molecule has 0 spiro atoms. The molecule has 1 aliphatic carbocycles. The first-order valence-corrected chi connectivity index (χ1v) is 10.6. The van der Waals surface area contributed by atoms with Crippen molar-refractivity contribution in [1.82, 2.24) is 15.5 Å². The van der Waals surface area contributed by atoms with Gasteiger partial charge < -0.3 is 25.4 Å². The van der Waals surface area contributed by atoms with E-state index in [-0.39, 0.29) is 18.6 Å². The second kappa shape index (κ2) is 10.3. The molecule has 0 heterocycles. The van der Waals surface area contributed by atoms with Crippen LogP contribution in [0.3, 0.4) is 0 Å². The summed E-state index contributed by atoms with van der Waals surface area (Å²) in [6.45, 7) is 2.33. The predicted octanol–water partition coefficient (Wildman–Crippen LogP) is 2.43. The molecule has 0 aliphatic heterocycles. The van der Waals surface area contributed by atoms with Crippen LogP contribution in [0.25, 0.3) is 11.1 Å². The average molecular weight is 440 g/mol. The number of carbonyl (C=O) groups is 3. The molecule has 2 unspecified atom stereocenters. The van der Waals surface area contributed by atoms with Crippen LogP contribution in [0, 0.1) is 0 Å². The van der Waals surface area contributed by atoms with Crippen LogP contribution < -0.4 is 10.6 Å². The third-order valence-electron chi connectivity index (χ3n) is 5.78. The van der Waals surface area contributed by atoms with Gasteiger partial charge in [-0.2, -0.15) is 0 Å². The van der Waals surface area contributed by atoms with E-state index in [9.17, 15) is 14.4 Å². The molecule has 0 bridgehead atoms. The molecule has 170 valence electrons. The zero-order chi connectivity index (χ0) is 23.3. The molecule has 1 aliphatic rings. The van der Waals surface area contributed by atoms with Crippen molar-refractivity contribution in [3.05, 3.63) is 59.7 Å². The van der Waals surface area contributed by atoms with Crippen LogP contribution in [0.2, 0.25) is 0 Å². The summed E-state index contributed by atoms with van der Waals surface area (Å²) in [5, 5.41) is 14.2. The fourth-order valence-electron chi connectivity index (χ4n) is 3.72. The number of carboxylic acids is 1. The standard InChI is InChI=1S/C24H29N3O5/c1-15(27(2)3)13-25-23(30)21(12-22(28)29)26-24(31)32-14-20-18-10-6-4-8-16(18)17-9-5-7-11-19(17)20/h4-11,15,20-21H,12-14H2,1-3H3,(H,25,30)(H,26,31)(H,28,29). The Bertz CT molecular complexity index is 946. The zero-order valence-corrected chi connectivity index (χ0v) is 18.5. The molecular formula is C24H29N3O5. The van der Waals surface area contributed by atoms with Gasteiger partial charge in [-0.3, -0.25) is 9.59 Å². The van der Waals surface area contributed by atoms with E-state index < -0.39 is 30.4 Å². The van der Waals surface area contributed by atoms with Crippen LogP contribution in [0.1, 0.15) is 30.4 Å². The second-order valence-corrected chi connectivity index (χ2v) is 8.18. The summed E-state index contributed by atoms with van der Waals surface area (Å²) < 4.78 is 5.43. The fraction of sp³-hybridized carbons (Fsp3) is 0.375. The number of carboxylic acid groups (broad SMARTS) is 1. The SMILES string of the molecule is CC(CNC(=O)C(CC(=O)O)NC(=O)OCC1c2ccccc2-c2ccccc21)N(C)C. The predicted molar refractivity (Wildman–Crippen MR) is 120 cm³/mol. The van der Waals surface area contributed by atoms with Crippen molar-refractivity contribution in [3.8, 4) is 11.1 Å². The summed E-state index contributed by atoms with van der Waals surface area (Å²) >= 11 is 0. The smallest absolute Gasteiger partial charge is 0.407 e. The lowest BCUT2D eigenvalue weighted by molar-refractivity contribution is -0.139. The molecule has 0 aromatic heterocycles. The lowest BCUT2D eigenvalue weighted by Gasteiger charge is -2.22. The minimum Gasteiger partial charge on any atom is -0.481 e. The number of ether oxygens (including phenoxy) is 1. The number of nitrogens with one attached hydrogen (secondary N) is 2. The first kappa shape index (κ1) is 23.3. The fourth-order valence-corrected chi connectivity index (χ4v) is 3.72. The molecule has 0 radical (unpaired) electrons. The quantitative estimate of drug-likeness (QED) is 0.554. The van der Waals surface area contributed by atoms with Gasteiger partial charge in [-0.05, 0) is 43.3 Å². The summed E-state index contributed by atoms with van der Waals surface area (Å²) in [5.74, 6) is -1.87. The highest BCUT2D eigenvalue weighted by Crippen LogP contribution is 2.44. The van der Waals surface area contributed by atoms with Crippen molar-refractivity contribution in [1.29, 1.82) is 0 Å². The number of alkyl carbamates (subject to hydrolysis) is 1. The van der Waals surface area contributed by atoms with E-state index in [1.165, 1.54) is 0 Å². The van der Waals surface area contributed by atoms with E-state index in [0.29, 0.717) is 6.54 Å². The van der Waals surface area contributed by atoms with Gasteiger partial charge in [0.05, 0.1) is 6.42 Å². The molecule has 8 heteroatoms. The number of rotatable bonds is 9. The number of fused-ring (bicyclic) bond motifs is 3. The number of nitrogens with zero attached hydrogens (tertiary/aromatic N) is 1. The summed E-state index contributed by atoms with van der Waals surface area (Å²) in [7, 11) is 3.75.